The molecule has 36 heavy (non-hydrogen) atoms. The van der Waals surface area contributed by atoms with Crippen molar-refractivity contribution >= 4 is 28.4 Å². The number of hydrogen-bond acceptors (Lipinski definition) is 7. The van der Waals surface area contributed by atoms with E-state index in [0.29, 0.717) is 22.6 Å². The Hall–Kier alpha value is -3.90. The predicted molar refractivity (Wildman–Crippen MR) is 126 cm³/mol. The van der Waals surface area contributed by atoms with Gasteiger partial charge in [0.2, 0.25) is 17.7 Å². The van der Waals surface area contributed by atoms with Gasteiger partial charge in [-0.3, -0.25) is 4.79 Å². The Labute approximate surface area is 203 Å². The molecule has 13 heteroatoms. The number of fused-ring (bicyclic) bond motifs is 2. The van der Waals surface area contributed by atoms with Gasteiger partial charge < -0.3 is 15.4 Å². The number of hydrogen-bond donors (Lipinski definition) is 2. The summed E-state index contributed by atoms with van der Waals surface area (Å²) in [6.45, 7) is 0.830. The molecule has 2 N–H and O–H groups in total. The van der Waals surface area contributed by atoms with Crippen LogP contribution in [0.3, 0.4) is 0 Å². The van der Waals surface area contributed by atoms with Crippen molar-refractivity contribution in [2.24, 2.45) is 0 Å². The third kappa shape index (κ3) is 4.64. The minimum Gasteiger partial charge on any atom is -0.479 e. The lowest BCUT2D eigenvalue weighted by atomic mass is 9.91. The van der Waals surface area contributed by atoms with Crippen molar-refractivity contribution in [3.63, 3.8) is 0 Å². The van der Waals surface area contributed by atoms with Gasteiger partial charge >= 0.3 is 0 Å². The standard InChI is InChI=1S/C23H25F3N8O2/c1-12(35)27-14-3-5-15(6-4-14)28-23-29-22(36-2)21-16(7-8-33(21)31-23)13-9-17(24)20-18(10-13)34(32-30-20)11-19(25)26/h7-10,14-15,19H,3-6,11H2,1-2H3,(H,27,35)(H,28,31). The first-order valence-electron chi connectivity index (χ1n) is 11.6. The number of nitrogens with zero attached hydrogens (tertiary/aromatic N) is 6. The van der Waals surface area contributed by atoms with Crippen molar-refractivity contribution in [2.75, 3.05) is 12.4 Å². The van der Waals surface area contributed by atoms with Crippen molar-refractivity contribution < 1.29 is 22.7 Å². The van der Waals surface area contributed by atoms with Crippen LogP contribution in [-0.2, 0) is 11.3 Å². The number of rotatable bonds is 7. The van der Waals surface area contributed by atoms with Gasteiger partial charge in [0.05, 0.1) is 12.6 Å². The SMILES string of the molecule is COc1nc(NC2CCC(NC(C)=O)CC2)nn2ccc(-c3cc(F)c4nnn(CC(F)F)c4c3)c12. The number of anilines is 1. The summed E-state index contributed by atoms with van der Waals surface area (Å²) < 4.78 is 48.8. The number of methoxy groups -OCH3 is 1. The molecule has 1 aromatic carbocycles. The molecule has 4 aromatic rings. The molecule has 0 unspecified atom stereocenters. The summed E-state index contributed by atoms with van der Waals surface area (Å²) in [5.41, 5.74) is 1.59. The van der Waals surface area contributed by atoms with Gasteiger partial charge in [0, 0.05) is 30.8 Å². The second-order valence-corrected chi connectivity index (χ2v) is 8.85. The molecule has 0 atom stereocenters. The molecule has 1 fully saturated rings. The fourth-order valence-electron chi connectivity index (χ4n) is 4.73. The third-order valence-corrected chi connectivity index (χ3v) is 6.34. The fourth-order valence-corrected chi connectivity index (χ4v) is 4.73. The van der Waals surface area contributed by atoms with E-state index in [1.807, 2.05) is 0 Å². The molecule has 3 aromatic heterocycles. The number of alkyl halides is 2. The zero-order valence-corrected chi connectivity index (χ0v) is 19.7. The summed E-state index contributed by atoms with van der Waals surface area (Å²) in [6, 6.07) is 4.89. The first kappa shape index (κ1) is 23.8. The normalized spacial score (nSPS) is 18.2. The minimum absolute atomic E-state index is 0.0258. The van der Waals surface area contributed by atoms with Crippen LogP contribution < -0.4 is 15.4 Å². The maximum absolute atomic E-state index is 14.8. The summed E-state index contributed by atoms with van der Waals surface area (Å²) in [6.07, 6.45) is 2.46. The van der Waals surface area contributed by atoms with E-state index in [-0.39, 0.29) is 34.9 Å². The number of ether oxygens (including phenoxy) is 1. The van der Waals surface area contributed by atoms with E-state index in [2.05, 4.69) is 31.0 Å². The topological polar surface area (TPSA) is 111 Å². The molecule has 0 radical (unpaired) electrons. The Morgan fingerprint density at radius 3 is 2.67 bits per heavy atom. The Kier molecular flexibility index (Phi) is 6.37. The van der Waals surface area contributed by atoms with Gasteiger partial charge in [-0.1, -0.05) is 5.21 Å². The number of halogens is 3. The number of carbonyl (C=O) groups is 1. The van der Waals surface area contributed by atoms with Crippen LogP contribution in [0.25, 0.3) is 27.7 Å². The zero-order valence-electron chi connectivity index (χ0n) is 19.7. The van der Waals surface area contributed by atoms with Crippen molar-refractivity contribution in [1.82, 2.24) is 34.9 Å². The molecule has 190 valence electrons. The summed E-state index contributed by atoms with van der Waals surface area (Å²) in [7, 11) is 1.48. The molecular formula is C23H25F3N8O2. The molecular weight excluding hydrogens is 477 g/mol. The molecule has 5 rings (SSSR count). The average molecular weight is 503 g/mol. The molecule has 1 aliphatic rings. The van der Waals surface area contributed by atoms with Gasteiger partial charge in [-0.15, -0.1) is 10.2 Å². The second kappa shape index (κ2) is 9.63. The molecule has 1 amide bonds. The lowest BCUT2D eigenvalue weighted by molar-refractivity contribution is -0.119. The largest absolute Gasteiger partial charge is 0.479 e. The Morgan fingerprint density at radius 2 is 1.97 bits per heavy atom. The van der Waals surface area contributed by atoms with Gasteiger partial charge in [-0.25, -0.2) is 22.4 Å². The summed E-state index contributed by atoms with van der Waals surface area (Å²) in [5.74, 6) is -0.0398. The molecule has 1 aliphatic carbocycles. The molecule has 0 bridgehead atoms. The fraction of sp³-hybridized carbons (Fsp3) is 0.435. The van der Waals surface area contributed by atoms with Crippen LogP contribution in [0.2, 0.25) is 0 Å². The number of nitrogens with one attached hydrogen (secondary N) is 2. The lowest BCUT2D eigenvalue weighted by Gasteiger charge is -2.29. The molecule has 3 heterocycles. The average Bonchev–Trinajstić information content (AvgIpc) is 3.44. The highest BCUT2D eigenvalue weighted by Gasteiger charge is 2.24. The van der Waals surface area contributed by atoms with E-state index < -0.39 is 18.8 Å². The van der Waals surface area contributed by atoms with Gasteiger partial charge in [0.15, 0.2) is 5.82 Å². The molecule has 0 saturated heterocycles. The van der Waals surface area contributed by atoms with Crippen molar-refractivity contribution in [3.8, 4) is 17.0 Å². The maximum atomic E-state index is 14.8. The summed E-state index contributed by atoms with van der Waals surface area (Å²) in [5, 5.41) is 18.2. The lowest BCUT2D eigenvalue weighted by Crippen LogP contribution is -2.39. The molecule has 0 spiro atoms. The Morgan fingerprint density at radius 1 is 1.22 bits per heavy atom. The molecule has 1 saturated carbocycles. The van der Waals surface area contributed by atoms with Crippen LogP contribution in [0.4, 0.5) is 19.1 Å². The van der Waals surface area contributed by atoms with Gasteiger partial charge in [0.25, 0.3) is 6.43 Å². The van der Waals surface area contributed by atoms with Crippen LogP contribution >= 0.6 is 0 Å². The highest BCUT2D eigenvalue weighted by atomic mass is 19.3. The van der Waals surface area contributed by atoms with Crippen LogP contribution in [0.5, 0.6) is 5.88 Å². The first-order valence-corrected chi connectivity index (χ1v) is 11.6. The van der Waals surface area contributed by atoms with Crippen LogP contribution in [0, 0.1) is 5.82 Å². The van der Waals surface area contributed by atoms with E-state index in [1.54, 1.807) is 22.8 Å². The smallest absolute Gasteiger partial charge is 0.258 e. The van der Waals surface area contributed by atoms with Gasteiger partial charge in [-0.2, -0.15) is 4.98 Å². The maximum Gasteiger partial charge on any atom is 0.258 e. The summed E-state index contributed by atoms with van der Waals surface area (Å²) >= 11 is 0. The molecule has 0 aliphatic heterocycles. The van der Waals surface area contributed by atoms with Crippen LogP contribution in [-0.4, -0.2) is 61.1 Å². The van der Waals surface area contributed by atoms with Crippen molar-refractivity contribution in [2.45, 2.75) is 57.7 Å². The quantitative estimate of drug-likeness (QED) is 0.398. The monoisotopic (exact) mass is 502 g/mol. The van der Waals surface area contributed by atoms with Crippen LogP contribution in [0.15, 0.2) is 24.4 Å². The minimum atomic E-state index is -2.66. The summed E-state index contributed by atoms with van der Waals surface area (Å²) in [4.78, 5) is 15.8. The van der Waals surface area contributed by atoms with E-state index >= 15 is 0 Å². The predicted octanol–water partition coefficient (Wildman–Crippen LogP) is 3.41. The van der Waals surface area contributed by atoms with E-state index in [1.165, 1.54) is 20.1 Å². The zero-order chi connectivity index (χ0) is 25.4. The van der Waals surface area contributed by atoms with Crippen molar-refractivity contribution in [3.05, 3.63) is 30.2 Å². The molecule has 10 nitrogen and oxygen atoms in total. The highest BCUT2D eigenvalue weighted by molar-refractivity contribution is 5.89. The number of aromatic nitrogens is 6. The van der Waals surface area contributed by atoms with Gasteiger partial charge in [0.1, 0.15) is 17.6 Å². The van der Waals surface area contributed by atoms with E-state index in [4.69, 9.17) is 4.74 Å². The number of amides is 1. The Bertz CT molecular complexity index is 1410. The highest BCUT2D eigenvalue weighted by Crippen LogP contribution is 2.34. The van der Waals surface area contributed by atoms with E-state index in [0.717, 1.165) is 30.4 Å². The third-order valence-electron chi connectivity index (χ3n) is 6.34. The number of carbonyl (C=O) groups excluding carboxylic acids is 1. The van der Waals surface area contributed by atoms with Crippen molar-refractivity contribution in [1.29, 1.82) is 0 Å². The first-order chi connectivity index (χ1) is 17.3. The number of benzene rings is 1. The van der Waals surface area contributed by atoms with Gasteiger partial charge in [-0.05, 0) is 49.4 Å². The Balaban J connectivity index is 1.45. The van der Waals surface area contributed by atoms with E-state index in [9.17, 15) is 18.0 Å². The van der Waals surface area contributed by atoms with Crippen LogP contribution in [0.1, 0.15) is 32.6 Å². The second-order valence-electron chi connectivity index (χ2n) is 8.85.